The molecule has 1 unspecified atom stereocenters. The molecule has 1 amide bonds. The molecule has 0 radical (unpaired) electrons. The second-order valence-electron chi connectivity index (χ2n) is 9.56. The molecule has 3 heterocycles. The highest BCUT2D eigenvalue weighted by Crippen LogP contribution is 2.45. The topological polar surface area (TPSA) is 94.3 Å². The van der Waals surface area contributed by atoms with Crippen LogP contribution in [0.15, 0.2) is 6.07 Å². The maximum Gasteiger partial charge on any atom is 0.341 e. The Balaban J connectivity index is 1.72. The van der Waals surface area contributed by atoms with E-state index in [1.807, 2.05) is 19.9 Å². The Bertz CT molecular complexity index is 1230. The number of ether oxygens (including phenoxy) is 1. The Morgan fingerprint density at radius 3 is 2.62 bits per heavy atom. The van der Waals surface area contributed by atoms with Crippen molar-refractivity contribution < 1.29 is 14.3 Å². The van der Waals surface area contributed by atoms with E-state index in [0.717, 1.165) is 51.2 Å². The van der Waals surface area contributed by atoms with E-state index in [1.165, 1.54) is 29.8 Å². The third-order valence-corrected chi connectivity index (χ3v) is 8.61. The number of esters is 1. The summed E-state index contributed by atoms with van der Waals surface area (Å²) in [6, 6.07) is 1.96. The summed E-state index contributed by atoms with van der Waals surface area (Å²) >= 11 is 2.76. The minimum Gasteiger partial charge on any atom is -0.465 e. The van der Waals surface area contributed by atoms with Crippen molar-refractivity contribution in [2.75, 3.05) is 18.2 Å². The predicted octanol–water partition coefficient (Wildman–Crippen LogP) is 5.75. The lowest BCUT2D eigenvalue weighted by Gasteiger charge is -2.33. The van der Waals surface area contributed by atoms with Crippen LogP contribution in [0.3, 0.4) is 0 Å². The van der Waals surface area contributed by atoms with Gasteiger partial charge in [0.1, 0.15) is 14.7 Å². The summed E-state index contributed by atoms with van der Waals surface area (Å²) in [4.78, 5) is 32.8. The van der Waals surface area contributed by atoms with Gasteiger partial charge >= 0.3 is 5.97 Å². The van der Waals surface area contributed by atoms with Gasteiger partial charge in [-0.1, -0.05) is 20.8 Å². The number of fused-ring (bicyclic) bond motifs is 2. The van der Waals surface area contributed by atoms with Crippen molar-refractivity contribution in [1.29, 1.82) is 0 Å². The van der Waals surface area contributed by atoms with Crippen LogP contribution in [0.2, 0.25) is 0 Å². The monoisotopic (exact) mass is 471 g/mol. The van der Waals surface area contributed by atoms with Gasteiger partial charge in [0, 0.05) is 16.0 Å². The van der Waals surface area contributed by atoms with Crippen LogP contribution < -0.4 is 11.1 Å². The summed E-state index contributed by atoms with van der Waals surface area (Å²) in [6.07, 6.45) is 2.72. The van der Waals surface area contributed by atoms with E-state index in [-0.39, 0.29) is 11.3 Å². The summed E-state index contributed by atoms with van der Waals surface area (Å²) in [5.41, 5.74) is 10.3. The van der Waals surface area contributed by atoms with Crippen LogP contribution >= 0.6 is 22.7 Å². The van der Waals surface area contributed by atoms with Crippen molar-refractivity contribution in [3.63, 3.8) is 0 Å². The fraction of sp³-hybridized carbons (Fsp3) is 0.458. The Labute approximate surface area is 196 Å². The normalized spacial score (nSPS) is 16.1. The number of rotatable bonds is 3. The Kier molecular flexibility index (Phi) is 5.79. The number of hydrogen-bond acceptors (Lipinski definition) is 7. The summed E-state index contributed by atoms with van der Waals surface area (Å²) in [6.45, 7) is 10.6. The van der Waals surface area contributed by atoms with E-state index in [1.54, 1.807) is 0 Å². The van der Waals surface area contributed by atoms with Crippen molar-refractivity contribution in [2.45, 2.75) is 53.9 Å². The number of carbonyl (C=O) groups excluding carboxylic acids is 2. The third kappa shape index (κ3) is 3.90. The third-order valence-electron chi connectivity index (χ3n) is 6.34. The molecule has 3 aromatic heterocycles. The van der Waals surface area contributed by atoms with Crippen LogP contribution in [-0.4, -0.2) is 24.0 Å². The number of nitrogens with two attached hydrogens (primary N) is 1. The van der Waals surface area contributed by atoms with Gasteiger partial charge in [0.25, 0.3) is 5.91 Å². The first kappa shape index (κ1) is 22.7. The van der Waals surface area contributed by atoms with Crippen molar-refractivity contribution in [1.82, 2.24) is 4.98 Å². The van der Waals surface area contributed by atoms with Gasteiger partial charge in [-0.25, -0.2) is 9.78 Å². The van der Waals surface area contributed by atoms with Crippen LogP contribution in [0, 0.1) is 25.2 Å². The van der Waals surface area contributed by atoms with Gasteiger partial charge in [-0.3, -0.25) is 4.79 Å². The van der Waals surface area contributed by atoms with Gasteiger partial charge in [-0.05, 0) is 61.6 Å². The average Bonchev–Trinajstić information content (AvgIpc) is 3.23. The van der Waals surface area contributed by atoms with E-state index in [0.29, 0.717) is 27.0 Å². The zero-order valence-corrected chi connectivity index (χ0v) is 21.0. The summed E-state index contributed by atoms with van der Waals surface area (Å²) in [7, 11) is 1.37. The molecule has 1 aliphatic rings. The number of aromatic nitrogens is 1. The molecule has 8 heteroatoms. The van der Waals surface area contributed by atoms with Crippen LogP contribution in [0.5, 0.6) is 0 Å². The number of thiophene rings is 2. The average molecular weight is 472 g/mol. The maximum atomic E-state index is 13.2. The Morgan fingerprint density at radius 1 is 1.25 bits per heavy atom. The molecule has 170 valence electrons. The number of nitrogen functional groups attached to an aromatic ring is 1. The van der Waals surface area contributed by atoms with Crippen LogP contribution in [0.4, 0.5) is 10.7 Å². The molecule has 0 bridgehead atoms. The number of hydrogen-bond donors (Lipinski definition) is 2. The van der Waals surface area contributed by atoms with Gasteiger partial charge in [-0.15, -0.1) is 22.7 Å². The molecule has 0 aliphatic heterocycles. The molecule has 0 spiro atoms. The number of pyridine rings is 1. The number of anilines is 2. The van der Waals surface area contributed by atoms with Gasteiger partial charge in [0.15, 0.2) is 0 Å². The van der Waals surface area contributed by atoms with Crippen LogP contribution in [0.25, 0.3) is 10.2 Å². The molecule has 0 aromatic carbocycles. The summed E-state index contributed by atoms with van der Waals surface area (Å²) in [5.74, 6) is -0.207. The first-order valence-corrected chi connectivity index (χ1v) is 12.3. The minimum atomic E-state index is -0.413. The first-order valence-electron chi connectivity index (χ1n) is 10.7. The van der Waals surface area contributed by atoms with E-state index in [9.17, 15) is 9.59 Å². The molecule has 1 aliphatic carbocycles. The van der Waals surface area contributed by atoms with E-state index in [2.05, 4.69) is 31.1 Å². The Morgan fingerprint density at radius 2 is 1.97 bits per heavy atom. The highest BCUT2D eigenvalue weighted by atomic mass is 32.1. The lowest BCUT2D eigenvalue weighted by molar-refractivity contribution is 0.0600. The quantitative estimate of drug-likeness (QED) is 0.475. The molecular formula is C24H29N3O3S2. The fourth-order valence-electron chi connectivity index (χ4n) is 4.53. The van der Waals surface area contributed by atoms with Crippen LogP contribution in [-0.2, 0) is 17.6 Å². The molecule has 0 fully saturated rings. The standard InChI is InChI=1S/C24H29N3O3S2/c1-11-9-12(2)26-21-16(11)18(25)19(32-21)20(28)27-22-17(23(29)30-6)14-8-7-13(24(3,4)5)10-15(14)31-22/h9,13H,7-8,10,25H2,1-6H3,(H,27,28). The molecule has 3 N–H and O–H groups in total. The highest BCUT2D eigenvalue weighted by molar-refractivity contribution is 7.21. The van der Waals surface area contributed by atoms with Gasteiger partial charge < -0.3 is 15.8 Å². The number of aryl methyl sites for hydroxylation is 2. The molecule has 32 heavy (non-hydrogen) atoms. The van der Waals surface area contributed by atoms with Gasteiger partial charge in [0.2, 0.25) is 0 Å². The van der Waals surface area contributed by atoms with E-state index >= 15 is 0 Å². The highest BCUT2D eigenvalue weighted by Gasteiger charge is 2.34. The molecule has 1 atom stereocenters. The number of nitrogens with one attached hydrogen (secondary N) is 1. The van der Waals surface area contributed by atoms with Crippen molar-refractivity contribution >= 4 is 55.5 Å². The van der Waals surface area contributed by atoms with Crippen molar-refractivity contribution in [3.8, 4) is 0 Å². The molecular weight excluding hydrogens is 442 g/mol. The summed E-state index contributed by atoms with van der Waals surface area (Å²) in [5, 5.41) is 4.33. The molecule has 3 aromatic rings. The molecule has 0 saturated carbocycles. The lowest BCUT2D eigenvalue weighted by atomic mass is 9.72. The molecule has 6 nitrogen and oxygen atoms in total. The van der Waals surface area contributed by atoms with Crippen molar-refractivity contribution in [3.05, 3.63) is 38.2 Å². The van der Waals surface area contributed by atoms with Crippen LogP contribution in [0.1, 0.15) is 68.9 Å². The maximum absolute atomic E-state index is 13.2. The molecule has 0 saturated heterocycles. The predicted molar refractivity (Wildman–Crippen MR) is 132 cm³/mol. The minimum absolute atomic E-state index is 0.186. The van der Waals surface area contributed by atoms with E-state index in [4.69, 9.17) is 10.5 Å². The second kappa shape index (κ2) is 8.15. The summed E-state index contributed by atoms with van der Waals surface area (Å²) < 4.78 is 5.07. The zero-order chi connectivity index (χ0) is 23.4. The second-order valence-corrected chi connectivity index (χ2v) is 11.7. The number of amides is 1. The first-order chi connectivity index (χ1) is 15.0. The lowest BCUT2D eigenvalue weighted by Crippen LogP contribution is -2.26. The van der Waals surface area contributed by atoms with E-state index < -0.39 is 5.97 Å². The smallest absolute Gasteiger partial charge is 0.341 e. The number of carbonyl (C=O) groups is 2. The fourth-order valence-corrected chi connectivity index (χ4v) is 6.95. The van der Waals surface area contributed by atoms with Gasteiger partial charge in [-0.2, -0.15) is 0 Å². The number of nitrogens with zero attached hydrogens (tertiary/aromatic N) is 1. The van der Waals surface area contributed by atoms with Gasteiger partial charge in [0.05, 0.1) is 18.4 Å². The SMILES string of the molecule is COC(=O)c1c(NC(=O)c2sc3nc(C)cc(C)c3c2N)sc2c1CCC(C(C)(C)C)C2. The molecule has 4 rings (SSSR count). The zero-order valence-electron chi connectivity index (χ0n) is 19.3. The Hall–Kier alpha value is -2.45. The number of methoxy groups -OCH3 is 1. The largest absolute Gasteiger partial charge is 0.465 e. The van der Waals surface area contributed by atoms with Crippen molar-refractivity contribution in [2.24, 2.45) is 11.3 Å².